The van der Waals surface area contributed by atoms with E-state index in [2.05, 4.69) is 5.32 Å². The van der Waals surface area contributed by atoms with E-state index in [1.807, 2.05) is 6.92 Å². The van der Waals surface area contributed by atoms with Crippen LogP contribution in [0.15, 0.2) is 52.3 Å². The molecule has 0 radical (unpaired) electrons. The molecule has 0 aliphatic carbocycles. The molecule has 6 nitrogen and oxygen atoms in total. The van der Waals surface area contributed by atoms with Gasteiger partial charge in [0.15, 0.2) is 0 Å². The predicted octanol–water partition coefficient (Wildman–Crippen LogP) is 4.04. The van der Waals surface area contributed by atoms with Crippen LogP contribution in [-0.2, 0) is 4.74 Å². The standard InChI is InChI=1S/C18H19FN2O4S/c1-2-25-11-5-10-20-18(22)14-12-13(21(23)24)8-9-16(14)26-17-7-4-3-6-15(17)19/h3-4,6-9,12H,2,5,10-11H2,1H3,(H,20,22). The summed E-state index contributed by atoms with van der Waals surface area (Å²) in [6.07, 6.45) is 0.629. The lowest BCUT2D eigenvalue weighted by molar-refractivity contribution is -0.384. The number of nitrogens with one attached hydrogen (secondary N) is 1. The second-order valence-corrected chi connectivity index (χ2v) is 6.36. The van der Waals surface area contributed by atoms with Crippen LogP contribution in [0.1, 0.15) is 23.7 Å². The van der Waals surface area contributed by atoms with Gasteiger partial charge in [-0.1, -0.05) is 23.9 Å². The number of amides is 1. The van der Waals surface area contributed by atoms with Crippen LogP contribution in [0, 0.1) is 15.9 Å². The third kappa shape index (κ3) is 5.53. The first-order valence-corrected chi connectivity index (χ1v) is 8.91. The highest BCUT2D eigenvalue weighted by molar-refractivity contribution is 7.99. The van der Waals surface area contributed by atoms with E-state index in [4.69, 9.17) is 4.74 Å². The molecule has 0 unspecified atom stereocenters. The highest BCUT2D eigenvalue weighted by Gasteiger charge is 2.18. The summed E-state index contributed by atoms with van der Waals surface area (Å²) < 4.78 is 19.1. The number of hydrogen-bond acceptors (Lipinski definition) is 5. The number of non-ortho nitro benzene ring substituents is 1. The number of nitro benzene ring substituents is 1. The van der Waals surface area contributed by atoms with Crippen molar-refractivity contribution in [1.82, 2.24) is 5.32 Å². The first-order valence-electron chi connectivity index (χ1n) is 8.09. The number of carbonyl (C=O) groups excluding carboxylic acids is 1. The molecule has 0 saturated heterocycles. The predicted molar refractivity (Wildman–Crippen MR) is 97.1 cm³/mol. The molecular weight excluding hydrogens is 359 g/mol. The molecule has 0 heterocycles. The van der Waals surface area contributed by atoms with Gasteiger partial charge in [-0.15, -0.1) is 0 Å². The second-order valence-electron chi connectivity index (χ2n) is 5.28. The molecule has 0 aliphatic rings. The largest absolute Gasteiger partial charge is 0.382 e. The zero-order valence-electron chi connectivity index (χ0n) is 14.2. The lowest BCUT2D eigenvalue weighted by Gasteiger charge is -2.10. The molecule has 2 aromatic carbocycles. The molecular formula is C18H19FN2O4S. The van der Waals surface area contributed by atoms with Gasteiger partial charge < -0.3 is 10.1 Å². The third-order valence-electron chi connectivity index (χ3n) is 3.43. The van der Waals surface area contributed by atoms with Crippen molar-refractivity contribution in [2.45, 2.75) is 23.1 Å². The quantitative estimate of drug-likeness (QED) is 0.405. The Morgan fingerprint density at radius 3 is 2.73 bits per heavy atom. The van der Waals surface area contributed by atoms with Crippen LogP contribution in [0.5, 0.6) is 0 Å². The normalized spacial score (nSPS) is 10.5. The van der Waals surface area contributed by atoms with Gasteiger partial charge in [-0.2, -0.15) is 0 Å². The summed E-state index contributed by atoms with van der Waals surface area (Å²) in [7, 11) is 0. The van der Waals surface area contributed by atoms with Crippen LogP contribution < -0.4 is 5.32 Å². The monoisotopic (exact) mass is 378 g/mol. The van der Waals surface area contributed by atoms with Crippen LogP contribution in [0.2, 0.25) is 0 Å². The summed E-state index contributed by atoms with van der Waals surface area (Å²) in [6.45, 7) is 3.38. The van der Waals surface area contributed by atoms with Crippen LogP contribution in [0.4, 0.5) is 10.1 Å². The third-order valence-corrected chi connectivity index (χ3v) is 4.56. The minimum atomic E-state index is -0.566. The van der Waals surface area contributed by atoms with Crippen LogP contribution in [0.3, 0.4) is 0 Å². The zero-order valence-corrected chi connectivity index (χ0v) is 15.1. The molecule has 0 saturated carbocycles. The van der Waals surface area contributed by atoms with Gasteiger partial charge >= 0.3 is 0 Å². The van der Waals surface area contributed by atoms with E-state index in [1.54, 1.807) is 18.2 Å². The topological polar surface area (TPSA) is 81.5 Å². The van der Waals surface area contributed by atoms with E-state index < -0.39 is 16.6 Å². The first-order chi connectivity index (χ1) is 12.5. The van der Waals surface area contributed by atoms with Crippen LogP contribution in [-0.4, -0.2) is 30.6 Å². The summed E-state index contributed by atoms with van der Waals surface area (Å²) >= 11 is 1.05. The average molecular weight is 378 g/mol. The fraction of sp³-hybridized carbons (Fsp3) is 0.278. The number of carbonyl (C=O) groups is 1. The van der Waals surface area contributed by atoms with Crippen molar-refractivity contribution in [3.05, 3.63) is 64.0 Å². The minimum Gasteiger partial charge on any atom is -0.382 e. The van der Waals surface area contributed by atoms with E-state index in [0.29, 0.717) is 36.0 Å². The zero-order chi connectivity index (χ0) is 18.9. The first kappa shape index (κ1) is 19.9. The van der Waals surface area contributed by atoms with Gasteiger partial charge in [-0.3, -0.25) is 14.9 Å². The maximum Gasteiger partial charge on any atom is 0.270 e. The minimum absolute atomic E-state index is 0.142. The number of benzene rings is 2. The maximum absolute atomic E-state index is 13.9. The SMILES string of the molecule is CCOCCCNC(=O)c1cc([N+](=O)[O-])ccc1Sc1ccccc1F. The summed E-state index contributed by atoms with van der Waals surface area (Å²) in [4.78, 5) is 23.7. The Balaban J connectivity index is 2.20. The smallest absolute Gasteiger partial charge is 0.270 e. The molecule has 26 heavy (non-hydrogen) atoms. The Morgan fingerprint density at radius 1 is 1.27 bits per heavy atom. The Kier molecular flexibility index (Phi) is 7.55. The molecule has 1 N–H and O–H groups in total. The van der Waals surface area contributed by atoms with E-state index in [0.717, 1.165) is 11.8 Å². The van der Waals surface area contributed by atoms with Gasteiger partial charge in [-0.25, -0.2) is 4.39 Å². The van der Waals surface area contributed by atoms with Crippen molar-refractivity contribution in [2.75, 3.05) is 19.8 Å². The van der Waals surface area contributed by atoms with Crippen molar-refractivity contribution >= 4 is 23.4 Å². The molecule has 0 aromatic heterocycles. The number of halogens is 1. The molecule has 138 valence electrons. The van der Waals surface area contributed by atoms with Crippen molar-refractivity contribution in [2.24, 2.45) is 0 Å². The molecule has 0 bridgehead atoms. The molecule has 2 aromatic rings. The number of ether oxygens (including phenoxy) is 1. The molecule has 0 spiro atoms. The summed E-state index contributed by atoms with van der Waals surface area (Å²) in [5.41, 5.74) is -0.0498. The number of nitrogens with zero attached hydrogens (tertiary/aromatic N) is 1. The van der Waals surface area contributed by atoms with Crippen LogP contribution in [0.25, 0.3) is 0 Å². The van der Waals surface area contributed by atoms with E-state index in [-0.39, 0.29) is 11.3 Å². The molecule has 0 atom stereocenters. The Labute approximate surface area is 154 Å². The van der Waals surface area contributed by atoms with Crippen molar-refractivity contribution in [3.8, 4) is 0 Å². The second kappa shape index (κ2) is 9.88. The summed E-state index contributed by atoms with van der Waals surface area (Å²) in [5, 5.41) is 13.7. The molecule has 0 fully saturated rings. The number of rotatable bonds is 9. The fourth-order valence-corrected chi connectivity index (χ4v) is 3.11. The fourth-order valence-electron chi connectivity index (χ4n) is 2.16. The van der Waals surface area contributed by atoms with Gasteiger partial charge in [0.25, 0.3) is 11.6 Å². The molecule has 2 rings (SSSR count). The Morgan fingerprint density at radius 2 is 2.04 bits per heavy atom. The summed E-state index contributed by atoms with van der Waals surface area (Å²) in [5.74, 6) is -0.858. The molecule has 1 amide bonds. The Hall–Kier alpha value is -2.45. The Bertz CT molecular complexity index is 786. The highest BCUT2D eigenvalue weighted by Crippen LogP contribution is 2.34. The van der Waals surface area contributed by atoms with Gasteiger partial charge in [0.05, 0.1) is 10.5 Å². The van der Waals surface area contributed by atoms with Gasteiger partial charge in [0, 0.05) is 41.7 Å². The van der Waals surface area contributed by atoms with Crippen molar-refractivity contribution in [1.29, 1.82) is 0 Å². The highest BCUT2D eigenvalue weighted by atomic mass is 32.2. The molecule has 8 heteroatoms. The maximum atomic E-state index is 13.9. The molecule has 0 aliphatic heterocycles. The lowest BCUT2D eigenvalue weighted by Crippen LogP contribution is -2.26. The number of hydrogen-bond donors (Lipinski definition) is 1. The van der Waals surface area contributed by atoms with Gasteiger partial charge in [0.2, 0.25) is 0 Å². The van der Waals surface area contributed by atoms with E-state index in [1.165, 1.54) is 24.3 Å². The lowest BCUT2D eigenvalue weighted by atomic mass is 10.2. The summed E-state index contributed by atoms with van der Waals surface area (Å²) in [6, 6.07) is 10.1. The van der Waals surface area contributed by atoms with Crippen LogP contribution >= 0.6 is 11.8 Å². The number of nitro groups is 1. The van der Waals surface area contributed by atoms with Crippen molar-refractivity contribution in [3.63, 3.8) is 0 Å². The van der Waals surface area contributed by atoms with E-state index >= 15 is 0 Å². The average Bonchev–Trinajstić information content (AvgIpc) is 2.63. The van der Waals surface area contributed by atoms with Crippen molar-refractivity contribution < 1.29 is 18.8 Å². The van der Waals surface area contributed by atoms with E-state index in [9.17, 15) is 19.3 Å². The van der Waals surface area contributed by atoms with Gasteiger partial charge in [-0.05, 0) is 31.5 Å². The van der Waals surface area contributed by atoms with Gasteiger partial charge in [0.1, 0.15) is 5.82 Å².